The second kappa shape index (κ2) is 5.29. The molecule has 1 aromatic carbocycles. The summed E-state index contributed by atoms with van der Waals surface area (Å²) in [5.74, 6) is 0. The smallest absolute Gasteiger partial charge is 0.0449 e. The minimum absolute atomic E-state index is 0.0888. The molecule has 0 aliphatic carbocycles. The van der Waals surface area contributed by atoms with Crippen molar-refractivity contribution in [3.05, 3.63) is 31.8 Å². The van der Waals surface area contributed by atoms with Gasteiger partial charge in [-0.15, -0.1) is 0 Å². The molecule has 0 heterocycles. The summed E-state index contributed by atoms with van der Waals surface area (Å²) < 4.78 is 2.18. The Hall–Kier alpha value is 0.350. The molecule has 0 aliphatic heterocycles. The van der Waals surface area contributed by atoms with Crippen LogP contribution in [0.25, 0.3) is 0 Å². The summed E-state index contributed by atoms with van der Waals surface area (Å²) in [7, 11) is 0. The van der Waals surface area contributed by atoms with E-state index in [1.54, 1.807) is 0 Å². The number of hydrogen-bond donors (Lipinski definition) is 2. The number of nitrogens with two attached hydrogens (primary N) is 1. The molecule has 3 N–H and O–H groups in total. The summed E-state index contributed by atoms with van der Waals surface area (Å²) in [4.78, 5) is 0. The lowest BCUT2D eigenvalue weighted by molar-refractivity contribution is 0.276. The number of aliphatic hydroxyl groups excluding tert-OH is 1. The molecule has 0 saturated carbocycles. The second-order valence-corrected chi connectivity index (χ2v) is 4.72. The summed E-state index contributed by atoms with van der Waals surface area (Å²) in [6, 6.07) is 5.87. The maximum atomic E-state index is 8.76. The molecule has 0 fully saturated rings. The quantitative estimate of drug-likeness (QED) is 0.818. The van der Waals surface area contributed by atoms with Crippen molar-refractivity contribution in [2.24, 2.45) is 5.73 Å². The van der Waals surface area contributed by atoms with Crippen LogP contribution in [0.4, 0.5) is 0 Å². The third-order valence-electron chi connectivity index (χ3n) is 1.82. The average Bonchev–Trinajstić information content (AvgIpc) is 2.10. The van der Waals surface area contributed by atoms with Gasteiger partial charge in [0.15, 0.2) is 0 Å². The highest BCUT2D eigenvalue weighted by Crippen LogP contribution is 2.28. The Labute approximate surface area is 99.8 Å². The predicted octanol–water partition coefficient (Wildman–Crippen LogP) is 2.44. The predicted molar refractivity (Wildman–Crippen MR) is 65.5 cm³/mol. The van der Waals surface area contributed by atoms with Gasteiger partial charge in [-0.2, -0.15) is 0 Å². The SMILES string of the molecule is N[C@H](CCO)c1cccc(I)c1Br. The van der Waals surface area contributed by atoms with Gasteiger partial charge < -0.3 is 10.8 Å². The number of aliphatic hydroxyl groups is 1. The maximum absolute atomic E-state index is 8.76. The third-order valence-corrected chi connectivity index (χ3v) is 4.35. The number of rotatable bonds is 3. The second-order valence-electron chi connectivity index (χ2n) is 2.76. The Morgan fingerprint density at radius 3 is 2.85 bits per heavy atom. The van der Waals surface area contributed by atoms with E-state index in [9.17, 15) is 0 Å². The number of benzene rings is 1. The molecule has 1 rings (SSSR count). The summed E-state index contributed by atoms with van der Waals surface area (Å²) in [5.41, 5.74) is 6.94. The zero-order valence-electron chi connectivity index (χ0n) is 7.00. The van der Waals surface area contributed by atoms with E-state index in [4.69, 9.17) is 10.8 Å². The topological polar surface area (TPSA) is 46.2 Å². The first-order valence-electron chi connectivity index (χ1n) is 3.97. The van der Waals surface area contributed by atoms with Crippen LogP contribution in [0.2, 0.25) is 0 Å². The van der Waals surface area contributed by atoms with Gasteiger partial charge >= 0.3 is 0 Å². The molecule has 0 bridgehead atoms. The van der Waals surface area contributed by atoms with Crippen molar-refractivity contribution in [3.8, 4) is 0 Å². The van der Waals surface area contributed by atoms with Gasteiger partial charge in [0.25, 0.3) is 0 Å². The highest BCUT2D eigenvalue weighted by Gasteiger charge is 2.10. The van der Waals surface area contributed by atoms with Gasteiger partial charge in [0.2, 0.25) is 0 Å². The van der Waals surface area contributed by atoms with Crippen LogP contribution in [0.5, 0.6) is 0 Å². The lowest BCUT2D eigenvalue weighted by atomic mass is 10.1. The summed E-state index contributed by atoms with van der Waals surface area (Å²) >= 11 is 5.73. The van der Waals surface area contributed by atoms with Crippen LogP contribution in [-0.2, 0) is 0 Å². The van der Waals surface area contributed by atoms with E-state index >= 15 is 0 Å². The Bertz CT molecular complexity index is 293. The minimum atomic E-state index is -0.0888. The van der Waals surface area contributed by atoms with Crippen LogP contribution in [0.1, 0.15) is 18.0 Å². The van der Waals surface area contributed by atoms with Crippen molar-refractivity contribution >= 4 is 38.5 Å². The highest BCUT2D eigenvalue weighted by molar-refractivity contribution is 14.1. The van der Waals surface area contributed by atoms with Gasteiger partial charge in [-0.1, -0.05) is 12.1 Å². The lowest BCUT2D eigenvalue weighted by Crippen LogP contribution is -2.12. The van der Waals surface area contributed by atoms with E-state index in [2.05, 4.69) is 38.5 Å². The Morgan fingerprint density at radius 2 is 2.23 bits per heavy atom. The molecule has 0 amide bonds. The molecule has 0 radical (unpaired) electrons. The van der Waals surface area contributed by atoms with Crippen LogP contribution in [0.15, 0.2) is 22.7 Å². The van der Waals surface area contributed by atoms with Gasteiger partial charge in [0.05, 0.1) is 0 Å². The highest BCUT2D eigenvalue weighted by atomic mass is 127. The normalized spacial score (nSPS) is 12.9. The summed E-state index contributed by atoms with van der Waals surface area (Å²) in [5, 5.41) is 8.76. The summed E-state index contributed by atoms with van der Waals surface area (Å²) in [6.45, 7) is 0.124. The van der Waals surface area contributed by atoms with Crippen molar-refractivity contribution in [3.63, 3.8) is 0 Å². The monoisotopic (exact) mass is 355 g/mol. The molecule has 0 aliphatic rings. The van der Waals surface area contributed by atoms with Gasteiger partial charge in [-0.05, 0) is 56.6 Å². The average molecular weight is 356 g/mol. The van der Waals surface area contributed by atoms with E-state index < -0.39 is 0 Å². The van der Waals surface area contributed by atoms with E-state index in [1.807, 2.05) is 18.2 Å². The Morgan fingerprint density at radius 1 is 1.54 bits per heavy atom. The molecule has 72 valence electrons. The molecule has 1 aromatic rings. The Balaban J connectivity index is 2.93. The van der Waals surface area contributed by atoms with Gasteiger partial charge in [0, 0.05) is 20.7 Å². The van der Waals surface area contributed by atoms with Crippen molar-refractivity contribution < 1.29 is 5.11 Å². The number of hydrogen-bond acceptors (Lipinski definition) is 2. The van der Waals surface area contributed by atoms with Crippen LogP contribution in [-0.4, -0.2) is 11.7 Å². The van der Waals surface area contributed by atoms with E-state index in [1.165, 1.54) is 0 Å². The van der Waals surface area contributed by atoms with Gasteiger partial charge in [-0.3, -0.25) is 0 Å². The number of halogens is 2. The maximum Gasteiger partial charge on any atom is 0.0449 e. The fraction of sp³-hybridized carbons (Fsp3) is 0.333. The standard InChI is InChI=1S/C9H11BrINO/c10-9-6(8(12)4-5-13)2-1-3-7(9)11/h1-3,8,13H,4-5,12H2/t8-/m1/s1. The van der Waals surface area contributed by atoms with Crippen LogP contribution < -0.4 is 5.73 Å². The van der Waals surface area contributed by atoms with E-state index in [-0.39, 0.29) is 12.6 Å². The fourth-order valence-electron chi connectivity index (χ4n) is 1.10. The van der Waals surface area contributed by atoms with Crippen LogP contribution >= 0.6 is 38.5 Å². The molecule has 0 aromatic heterocycles. The van der Waals surface area contributed by atoms with Crippen molar-refractivity contribution in [2.75, 3.05) is 6.61 Å². The first-order valence-corrected chi connectivity index (χ1v) is 5.84. The van der Waals surface area contributed by atoms with Crippen LogP contribution in [0.3, 0.4) is 0 Å². The Kier molecular flexibility index (Phi) is 4.64. The molecule has 1 atom stereocenters. The molecule has 2 nitrogen and oxygen atoms in total. The van der Waals surface area contributed by atoms with Crippen molar-refractivity contribution in [1.29, 1.82) is 0 Å². The van der Waals surface area contributed by atoms with E-state index in [0.717, 1.165) is 13.6 Å². The van der Waals surface area contributed by atoms with E-state index in [0.29, 0.717) is 6.42 Å². The minimum Gasteiger partial charge on any atom is -0.396 e. The van der Waals surface area contributed by atoms with Crippen molar-refractivity contribution in [2.45, 2.75) is 12.5 Å². The summed E-state index contributed by atoms with van der Waals surface area (Å²) in [6.07, 6.45) is 0.596. The largest absolute Gasteiger partial charge is 0.396 e. The zero-order chi connectivity index (χ0) is 9.84. The third kappa shape index (κ3) is 2.90. The molecule has 13 heavy (non-hydrogen) atoms. The molecule has 0 saturated heterocycles. The molecule has 0 unspecified atom stereocenters. The zero-order valence-corrected chi connectivity index (χ0v) is 10.7. The van der Waals surface area contributed by atoms with Crippen LogP contribution in [0, 0.1) is 3.57 Å². The lowest BCUT2D eigenvalue weighted by Gasteiger charge is -2.13. The van der Waals surface area contributed by atoms with Gasteiger partial charge in [0.1, 0.15) is 0 Å². The first-order chi connectivity index (χ1) is 6.16. The van der Waals surface area contributed by atoms with Crippen molar-refractivity contribution in [1.82, 2.24) is 0 Å². The molecular formula is C9H11BrINO. The van der Waals surface area contributed by atoms with Gasteiger partial charge in [-0.25, -0.2) is 0 Å². The first kappa shape index (κ1) is 11.4. The fourth-order valence-corrected chi connectivity index (χ4v) is 2.18. The molecule has 0 spiro atoms. The molecule has 4 heteroatoms. The molecular weight excluding hydrogens is 345 g/mol.